The van der Waals surface area contributed by atoms with Gasteiger partial charge in [0.25, 0.3) is 0 Å². The zero-order valence-electron chi connectivity index (χ0n) is 11.9. The predicted molar refractivity (Wildman–Crippen MR) is 79.7 cm³/mol. The Hall–Kier alpha value is -2.62. The molecule has 0 aliphatic rings. The molecule has 2 aromatic carbocycles. The Bertz CT molecular complexity index is 833. The van der Waals surface area contributed by atoms with Crippen LogP contribution in [0.15, 0.2) is 40.8 Å². The van der Waals surface area contributed by atoms with Crippen LogP contribution in [-0.4, -0.2) is 16.1 Å². The third kappa shape index (κ3) is 2.65. The van der Waals surface area contributed by atoms with Crippen LogP contribution in [0.3, 0.4) is 0 Å². The van der Waals surface area contributed by atoms with Crippen LogP contribution in [0, 0.1) is 13.8 Å². The summed E-state index contributed by atoms with van der Waals surface area (Å²) >= 11 is 0. The van der Waals surface area contributed by atoms with Crippen molar-refractivity contribution in [3.63, 3.8) is 0 Å². The maximum atomic E-state index is 11.0. The van der Waals surface area contributed by atoms with Gasteiger partial charge in [0.2, 0.25) is 0 Å². The molecule has 0 fully saturated rings. The molecule has 0 saturated carbocycles. The summed E-state index contributed by atoms with van der Waals surface area (Å²) in [7, 11) is 0. The molecule has 1 N–H and O–H groups in total. The van der Waals surface area contributed by atoms with E-state index in [2.05, 4.69) is 30.1 Å². The standard InChI is InChI=1S/C17H15NO3/c1-10-3-4-11(2)13(7-10)9-16-18-14-6-5-12(17(19)20)8-15(14)21-16/h3-8H,9H2,1-2H3,(H,19,20). The molecular formula is C17H15NO3. The molecule has 4 heteroatoms. The molecule has 21 heavy (non-hydrogen) atoms. The summed E-state index contributed by atoms with van der Waals surface area (Å²) in [5, 5.41) is 8.99. The second kappa shape index (κ2) is 5.05. The molecule has 0 saturated heterocycles. The molecule has 0 aliphatic carbocycles. The number of nitrogens with zero attached hydrogens (tertiary/aromatic N) is 1. The highest BCUT2D eigenvalue weighted by atomic mass is 16.4. The molecule has 106 valence electrons. The topological polar surface area (TPSA) is 63.3 Å². The van der Waals surface area contributed by atoms with Crippen LogP contribution in [0.5, 0.6) is 0 Å². The average Bonchev–Trinajstić information content (AvgIpc) is 2.84. The summed E-state index contributed by atoms with van der Waals surface area (Å²) in [5.41, 5.74) is 4.95. The highest BCUT2D eigenvalue weighted by molar-refractivity contribution is 5.91. The molecule has 0 aliphatic heterocycles. The molecule has 0 amide bonds. The molecule has 3 aromatic rings. The monoisotopic (exact) mass is 281 g/mol. The van der Waals surface area contributed by atoms with Crippen molar-refractivity contribution in [1.29, 1.82) is 0 Å². The van der Waals surface area contributed by atoms with Crippen molar-refractivity contribution >= 4 is 17.1 Å². The van der Waals surface area contributed by atoms with E-state index in [1.807, 2.05) is 6.92 Å². The number of rotatable bonds is 3. The van der Waals surface area contributed by atoms with Crippen LogP contribution in [-0.2, 0) is 6.42 Å². The Morgan fingerprint density at radius 3 is 2.76 bits per heavy atom. The quantitative estimate of drug-likeness (QED) is 0.794. The van der Waals surface area contributed by atoms with Gasteiger partial charge in [0, 0.05) is 6.42 Å². The van der Waals surface area contributed by atoms with E-state index in [9.17, 15) is 4.79 Å². The van der Waals surface area contributed by atoms with Crippen molar-refractivity contribution in [3.8, 4) is 0 Å². The average molecular weight is 281 g/mol. The first kappa shape index (κ1) is 13.4. The number of hydrogen-bond donors (Lipinski definition) is 1. The number of aryl methyl sites for hydroxylation is 2. The van der Waals surface area contributed by atoms with Crippen molar-refractivity contribution in [2.75, 3.05) is 0 Å². The summed E-state index contributed by atoms with van der Waals surface area (Å²) < 4.78 is 5.68. The number of carbonyl (C=O) groups is 1. The van der Waals surface area contributed by atoms with Crippen LogP contribution in [0.2, 0.25) is 0 Å². The van der Waals surface area contributed by atoms with Gasteiger partial charge in [-0.25, -0.2) is 9.78 Å². The molecule has 0 atom stereocenters. The molecule has 0 radical (unpaired) electrons. The Kier molecular flexibility index (Phi) is 3.22. The van der Waals surface area contributed by atoms with Crippen molar-refractivity contribution in [1.82, 2.24) is 4.98 Å². The van der Waals surface area contributed by atoms with Crippen molar-refractivity contribution < 1.29 is 14.3 Å². The van der Waals surface area contributed by atoms with Gasteiger partial charge in [0.05, 0.1) is 5.56 Å². The van der Waals surface area contributed by atoms with E-state index < -0.39 is 5.97 Å². The van der Waals surface area contributed by atoms with Crippen molar-refractivity contribution in [2.24, 2.45) is 0 Å². The summed E-state index contributed by atoms with van der Waals surface area (Å²) in [4.78, 5) is 15.4. The lowest BCUT2D eigenvalue weighted by atomic mass is 10.0. The van der Waals surface area contributed by atoms with Crippen molar-refractivity contribution in [3.05, 3.63) is 64.5 Å². The fraction of sp³-hybridized carbons (Fsp3) is 0.176. The lowest BCUT2D eigenvalue weighted by Gasteiger charge is -2.04. The minimum Gasteiger partial charge on any atom is -0.478 e. The maximum Gasteiger partial charge on any atom is 0.335 e. The second-order valence-corrected chi connectivity index (χ2v) is 5.20. The Balaban J connectivity index is 1.97. The highest BCUT2D eigenvalue weighted by Crippen LogP contribution is 2.21. The summed E-state index contributed by atoms with van der Waals surface area (Å²) in [6, 6.07) is 11.0. The molecule has 3 rings (SSSR count). The number of fused-ring (bicyclic) bond motifs is 1. The van der Waals surface area contributed by atoms with Gasteiger partial charge in [-0.2, -0.15) is 0 Å². The summed E-state index contributed by atoms with van der Waals surface area (Å²) in [5.74, 6) is -0.370. The fourth-order valence-electron chi connectivity index (χ4n) is 2.33. The Morgan fingerprint density at radius 1 is 1.19 bits per heavy atom. The summed E-state index contributed by atoms with van der Waals surface area (Å²) in [6.45, 7) is 4.11. The number of aromatic nitrogens is 1. The fourth-order valence-corrected chi connectivity index (χ4v) is 2.33. The van der Waals surface area contributed by atoms with Gasteiger partial charge in [0.15, 0.2) is 11.5 Å². The molecule has 1 aromatic heterocycles. The van der Waals surface area contributed by atoms with E-state index in [1.165, 1.54) is 28.8 Å². The van der Waals surface area contributed by atoms with Gasteiger partial charge >= 0.3 is 5.97 Å². The number of oxazole rings is 1. The van der Waals surface area contributed by atoms with Crippen LogP contribution in [0.1, 0.15) is 32.9 Å². The number of carboxylic acid groups (broad SMARTS) is 1. The number of hydrogen-bond acceptors (Lipinski definition) is 3. The maximum absolute atomic E-state index is 11.0. The Labute approximate surface area is 122 Å². The number of benzene rings is 2. The summed E-state index contributed by atoms with van der Waals surface area (Å²) in [6.07, 6.45) is 0.602. The van der Waals surface area contributed by atoms with Gasteiger partial charge in [0.1, 0.15) is 5.52 Å². The normalized spacial score (nSPS) is 11.0. The largest absolute Gasteiger partial charge is 0.478 e. The minimum atomic E-state index is -0.968. The van der Waals surface area contributed by atoms with E-state index in [-0.39, 0.29) is 5.56 Å². The van der Waals surface area contributed by atoms with E-state index >= 15 is 0 Å². The molecule has 0 bridgehead atoms. The molecule has 4 nitrogen and oxygen atoms in total. The zero-order chi connectivity index (χ0) is 15.0. The van der Waals surface area contributed by atoms with Gasteiger partial charge in [-0.15, -0.1) is 0 Å². The van der Waals surface area contributed by atoms with Crippen LogP contribution >= 0.6 is 0 Å². The molecular weight excluding hydrogens is 266 g/mol. The number of aromatic carboxylic acids is 1. The van der Waals surface area contributed by atoms with E-state index in [0.717, 1.165) is 0 Å². The number of carboxylic acids is 1. The van der Waals surface area contributed by atoms with Crippen LogP contribution < -0.4 is 0 Å². The highest BCUT2D eigenvalue weighted by Gasteiger charge is 2.11. The Morgan fingerprint density at radius 2 is 2.00 bits per heavy atom. The second-order valence-electron chi connectivity index (χ2n) is 5.20. The van der Waals surface area contributed by atoms with Crippen LogP contribution in [0.25, 0.3) is 11.1 Å². The van der Waals surface area contributed by atoms with Gasteiger partial charge < -0.3 is 9.52 Å². The lowest BCUT2D eigenvalue weighted by molar-refractivity contribution is 0.0697. The molecule has 0 unspecified atom stereocenters. The lowest BCUT2D eigenvalue weighted by Crippen LogP contribution is -1.94. The van der Waals surface area contributed by atoms with E-state index in [0.29, 0.717) is 23.4 Å². The zero-order valence-corrected chi connectivity index (χ0v) is 11.9. The first-order valence-electron chi connectivity index (χ1n) is 6.72. The first-order chi connectivity index (χ1) is 10.0. The van der Waals surface area contributed by atoms with Crippen molar-refractivity contribution in [2.45, 2.75) is 20.3 Å². The smallest absolute Gasteiger partial charge is 0.335 e. The van der Waals surface area contributed by atoms with Gasteiger partial charge in [-0.1, -0.05) is 23.8 Å². The first-order valence-corrected chi connectivity index (χ1v) is 6.72. The third-order valence-electron chi connectivity index (χ3n) is 3.53. The predicted octanol–water partition coefficient (Wildman–Crippen LogP) is 3.73. The van der Waals surface area contributed by atoms with Crippen LogP contribution in [0.4, 0.5) is 0 Å². The SMILES string of the molecule is Cc1ccc(C)c(Cc2nc3ccc(C(=O)O)cc3o2)c1. The minimum absolute atomic E-state index is 0.205. The van der Waals surface area contributed by atoms with E-state index in [1.54, 1.807) is 6.07 Å². The van der Waals surface area contributed by atoms with Gasteiger partial charge in [-0.05, 0) is 43.2 Å². The molecule has 1 heterocycles. The van der Waals surface area contributed by atoms with E-state index in [4.69, 9.17) is 9.52 Å². The third-order valence-corrected chi connectivity index (χ3v) is 3.53. The molecule has 0 spiro atoms. The van der Waals surface area contributed by atoms with Gasteiger partial charge in [-0.3, -0.25) is 0 Å².